The van der Waals surface area contributed by atoms with Crippen molar-refractivity contribution in [1.82, 2.24) is 0 Å². The Morgan fingerprint density at radius 3 is 2.57 bits per heavy atom. The molecule has 1 N–H and O–H groups in total. The smallest absolute Gasteiger partial charge is 0.269 e. The van der Waals surface area contributed by atoms with Gasteiger partial charge in [-0.25, -0.2) is 0 Å². The van der Waals surface area contributed by atoms with Gasteiger partial charge in [0.2, 0.25) is 0 Å². The second-order valence-corrected chi connectivity index (χ2v) is 4.88. The molecule has 5 nitrogen and oxygen atoms in total. The molecular formula is C15H15ClN2O3. The van der Waals surface area contributed by atoms with Gasteiger partial charge >= 0.3 is 0 Å². The zero-order valence-electron chi connectivity index (χ0n) is 11.5. The van der Waals surface area contributed by atoms with E-state index in [2.05, 4.69) is 5.32 Å². The summed E-state index contributed by atoms with van der Waals surface area (Å²) in [4.78, 5) is 10.2. The first kappa shape index (κ1) is 15.1. The van der Waals surface area contributed by atoms with Crippen molar-refractivity contribution in [2.24, 2.45) is 0 Å². The standard InChI is InChI=1S/C15H15ClN2O3/c1-21-15-7-4-12(16)10-14(15)17-9-8-11-2-5-13(6-3-11)18(19)20/h2-7,10,17H,8-9H2,1H3. The van der Waals surface area contributed by atoms with Crippen molar-refractivity contribution in [2.75, 3.05) is 19.0 Å². The summed E-state index contributed by atoms with van der Waals surface area (Å²) in [5.41, 5.74) is 1.95. The number of anilines is 1. The van der Waals surface area contributed by atoms with Crippen LogP contribution in [0, 0.1) is 10.1 Å². The van der Waals surface area contributed by atoms with E-state index in [4.69, 9.17) is 16.3 Å². The van der Waals surface area contributed by atoms with Crippen LogP contribution in [-0.4, -0.2) is 18.6 Å². The zero-order chi connectivity index (χ0) is 15.2. The van der Waals surface area contributed by atoms with Gasteiger partial charge in [-0.1, -0.05) is 23.7 Å². The van der Waals surface area contributed by atoms with Gasteiger partial charge < -0.3 is 10.1 Å². The molecule has 2 aromatic carbocycles. The molecule has 2 rings (SSSR count). The molecule has 110 valence electrons. The fraction of sp³-hybridized carbons (Fsp3) is 0.200. The van der Waals surface area contributed by atoms with E-state index in [1.54, 1.807) is 37.4 Å². The largest absolute Gasteiger partial charge is 0.495 e. The van der Waals surface area contributed by atoms with Gasteiger partial charge in [0.15, 0.2) is 0 Å². The Morgan fingerprint density at radius 1 is 1.24 bits per heavy atom. The number of benzene rings is 2. The molecule has 0 heterocycles. The van der Waals surface area contributed by atoms with Gasteiger partial charge in [-0.15, -0.1) is 0 Å². The highest BCUT2D eigenvalue weighted by Crippen LogP contribution is 2.27. The first-order chi connectivity index (χ1) is 10.1. The van der Waals surface area contributed by atoms with Crippen LogP contribution >= 0.6 is 11.6 Å². The lowest BCUT2D eigenvalue weighted by atomic mass is 10.1. The van der Waals surface area contributed by atoms with Crippen LogP contribution in [0.5, 0.6) is 5.75 Å². The summed E-state index contributed by atoms with van der Waals surface area (Å²) in [5, 5.41) is 14.5. The maximum absolute atomic E-state index is 10.6. The summed E-state index contributed by atoms with van der Waals surface area (Å²) in [5.74, 6) is 0.725. The number of ether oxygens (including phenoxy) is 1. The lowest BCUT2D eigenvalue weighted by Crippen LogP contribution is -2.06. The SMILES string of the molecule is COc1ccc(Cl)cc1NCCc1ccc([N+](=O)[O-])cc1. The number of methoxy groups -OCH3 is 1. The van der Waals surface area contributed by atoms with E-state index in [0.717, 1.165) is 23.4 Å². The molecule has 0 aliphatic rings. The van der Waals surface area contributed by atoms with Crippen molar-refractivity contribution < 1.29 is 9.66 Å². The fourth-order valence-corrected chi connectivity index (χ4v) is 2.12. The summed E-state index contributed by atoms with van der Waals surface area (Å²) >= 11 is 5.96. The Hall–Kier alpha value is -2.27. The summed E-state index contributed by atoms with van der Waals surface area (Å²) in [6.45, 7) is 0.675. The van der Waals surface area contributed by atoms with E-state index < -0.39 is 4.92 Å². The van der Waals surface area contributed by atoms with E-state index >= 15 is 0 Å². The molecule has 0 bridgehead atoms. The molecule has 0 fully saturated rings. The number of nitro benzene ring substituents is 1. The number of hydrogen-bond donors (Lipinski definition) is 1. The molecule has 0 unspecified atom stereocenters. The van der Waals surface area contributed by atoms with Crippen molar-refractivity contribution >= 4 is 23.0 Å². The molecule has 0 aromatic heterocycles. The maximum Gasteiger partial charge on any atom is 0.269 e. The predicted octanol–water partition coefficient (Wildman–Crippen LogP) is 3.91. The molecule has 0 amide bonds. The van der Waals surface area contributed by atoms with E-state index in [1.165, 1.54) is 12.1 Å². The van der Waals surface area contributed by atoms with E-state index in [0.29, 0.717) is 11.6 Å². The first-order valence-corrected chi connectivity index (χ1v) is 6.78. The van der Waals surface area contributed by atoms with Crippen LogP contribution in [-0.2, 0) is 6.42 Å². The minimum atomic E-state index is -0.404. The van der Waals surface area contributed by atoms with Gasteiger partial charge in [-0.05, 0) is 30.2 Å². The lowest BCUT2D eigenvalue weighted by molar-refractivity contribution is -0.384. The Morgan fingerprint density at radius 2 is 1.95 bits per heavy atom. The average Bonchev–Trinajstić information content (AvgIpc) is 2.48. The lowest BCUT2D eigenvalue weighted by Gasteiger charge is -2.11. The molecule has 0 aliphatic heterocycles. The second kappa shape index (κ2) is 6.95. The van der Waals surface area contributed by atoms with Crippen LogP contribution in [0.3, 0.4) is 0 Å². The van der Waals surface area contributed by atoms with Gasteiger partial charge in [-0.3, -0.25) is 10.1 Å². The molecule has 0 saturated heterocycles. The Bertz CT molecular complexity index is 629. The number of halogens is 1. The number of nitro groups is 1. The molecule has 0 saturated carbocycles. The molecule has 0 aliphatic carbocycles. The van der Waals surface area contributed by atoms with Crippen molar-refractivity contribution in [2.45, 2.75) is 6.42 Å². The minimum Gasteiger partial charge on any atom is -0.495 e. The number of non-ortho nitro benzene ring substituents is 1. The monoisotopic (exact) mass is 306 g/mol. The third-order valence-corrected chi connectivity index (χ3v) is 3.27. The maximum atomic E-state index is 10.6. The predicted molar refractivity (Wildman–Crippen MR) is 83.3 cm³/mol. The van der Waals surface area contributed by atoms with Gasteiger partial charge in [0.1, 0.15) is 5.75 Å². The Balaban J connectivity index is 1.95. The van der Waals surface area contributed by atoms with Crippen LogP contribution in [0.4, 0.5) is 11.4 Å². The third kappa shape index (κ3) is 4.10. The highest BCUT2D eigenvalue weighted by molar-refractivity contribution is 6.30. The molecule has 21 heavy (non-hydrogen) atoms. The fourth-order valence-electron chi connectivity index (χ4n) is 1.94. The van der Waals surface area contributed by atoms with E-state index in [9.17, 15) is 10.1 Å². The van der Waals surface area contributed by atoms with Gasteiger partial charge in [0.05, 0.1) is 17.7 Å². The number of hydrogen-bond acceptors (Lipinski definition) is 4. The third-order valence-electron chi connectivity index (χ3n) is 3.04. The summed E-state index contributed by atoms with van der Waals surface area (Å²) in [6.07, 6.45) is 0.744. The van der Waals surface area contributed by atoms with Crippen molar-refractivity contribution in [3.8, 4) is 5.75 Å². The molecule has 0 atom stereocenters. The highest BCUT2D eigenvalue weighted by Gasteiger charge is 2.05. The Kier molecular flexibility index (Phi) is 5.00. The quantitative estimate of drug-likeness (QED) is 0.649. The summed E-state index contributed by atoms with van der Waals surface area (Å²) in [7, 11) is 1.60. The topological polar surface area (TPSA) is 64.4 Å². The number of rotatable bonds is 6. The van der Waals surface area contributed by atoms with Crippen molar-refractivity contribution in [1.29, 1.82) is 0 Å². The van der Waals surface area contributed by atoms with Gasteiger partial charge in [0.25, 0.3) is 5.69 Å². The number of nitrogens with one attached hydrogen (secondary N) is 1. The van der Waals surface area contributed by atoms with E-state index in [1.807, 2.05) is 0 Å². The second-order valence-electron chi connectivity index (χ2n) is 4.44. The molecule has 6 heteroatoms. The summed E-state index contributed by atoms with van der Waals surface area (Å²) < 4.78 is 5.25. The van der Waals surface area contributed by atoms with Crippen LogP contribution in [0.15, 0.2) is 42.5 Å². The van der Waals surface area contributed by atoms with Crippen LogP contribution in [0.2, 0.25) is 5.02 Å². The van der Waals surface area contributed by atoms with Crippen LogP contribution < -0.4 is 10.1 Å². The van der Waals surface area contributed by atoms with Gasteiger partial charge in [0, 0.05) is 23.7 Å². The molecule has 0 radical (unpaired) electrons. The molecule has 0 spiro atoms. The normalized spacial score (nSPS) is 10.2. The molecular weight excluding hydrogens is 292 g/mol. The van der Waals surface area contributed by atoms with E-state index in [-0.39, 0.29) is 5.69 Å². The number of nitrogens with zero attached hydrogens (tertiary/aromatic N) is 1. The minimum absolute atomic E-state index is 0.100. The first-order valence-electron chi connectivity index (χ1n) is 6.41. The zero-order valence-corrected chi connectivity index (χ0v) is 12.3. The van der Waals surface area contributed by atoms with Crippen molar-refractivity contribution in [3.05, 3.63) is 63.2 Å². The van der Waals surface area contributed by atoms with Gasteiger partial charge in [-0.2, -0.15) is 0 Å². The Labute approximate surface area is 127 Å². The van der Waals surface area contributed by atoms with Crippen molar-refractivity contribution in [3.63, 3.8) is 0 Å². The van der Waals surface area contributed by atoms with Crippen LogP contribution in [0.25, 0.3) is 0 Å². The van der Waals surface area contributed by atoms with Crippen LogP contribution in [0.1, 0.15) is 5.56 Å². The average molecular weight is 307 g/mol. The highest BCUT2D eigenvalue weighted by atomic mass is 35.5. The molecule has 2 aromatic rings. The summed E-state index contributed by atoms with van der Waals surface area (Å²) in [6, 6.07) is 11.9.